The summed E-state index contributed by atoms with van der Waals surface area (Å²) in [4.78, 5) is 1.59. The second-order valence-corrected chi connectivity index (χ2v) is 3.44. The van der Waals surface area contributed by atoms with Gasteiger partial charge < -0.3 is 0 Å². The first-order valence-corrected chi connectivity index (χ1v) is 4.75. The lowest BCUT2D eigenvalue weighted by Crippen LogP contribution is -2.02. The SMILES string of the molecule is CC(CBr)Cc1cnn(C)n1. The Bertz CT molecular complexity index is 221. The van der Waals surface area contributed by atoms with E-state index in [1.54, 1.807) is 4.80 Å². The Morgan fingerprint density at radius 3 is 2.91 bits per heavy atom. The van der Waals surface area contributed by atoms with Gasteiger partial charge in [0.05, 0.1) is 11.9 Å². The van der Waals surface area contributed by atoms with Crippen LogP contribution in [0.15, 0.2) is 6.20 Å². The Hall–Kier alpha value is -0.380. The predicted octanol–water partition coefficient (Wildman–Crippen LogP) is 1.39. The average Bonchev–Trinajstić information content (AvgIpc) is 2.35. The van der Waals surface area contributed by atoms with E-state index in [2.05, 4.69) is 33.1 Å². The zero-order chi connectivity index (χ0) is 8.27. The summed E-state index contributed by atoms with van der Waals surface area (Å²) in [5.41, 5.74) is 1.07. The van der Waals surface area contributed by atoms with Gasteiger partial charge in [-0.2, -0.15) is 15.0 Å². The summed E-state index contributed by atoms with van der Waals surface area (Å²) in [6, 6.07) is 0. The van der Waals surface area contributed by atoms with Crippen LogP contribution >= 0.6 is 15.9 Å². The van der Waals surface area contributed by atoms with Gasteiger partial charge in [0, 0.05) is 12.4 Å². The van der Waals surface area contributed by atoms with Gasteiger partial charge in [-0.15, -0.1) is 0 Å². The summed E-state index contributed by atoms with van der Waals surface area (Å²) >= 11 is 3.42. The van der Waals surface area contributed by atoms with Gasteiger partial charge in [-0.05, 0) is 12.3 Å². The fourth-order valence-electron chi connectivity index (χ4n) is 0.893. The molecule has 1 heterocycles. The van der Waals surface area contributed by atoms with Crippen molar-refractivity contribution in [2.45, 2.75) is 13.3 Å². The Morgan fingerprint density at radius 2 is 2.45 bits per heavy atom. The molecule has 0 spiro atoms. The molecular weight excluding hydrogens is 206 g/mol. The molecule has 0 aliphatic heterocycles. The maximum Gasteiger partial charge on any atom is 0.0830 e. The van der Waals surface area contributed by atoms with Gasteiger partial charge in [0.2, 0.25) is 0 Å². The molecule has 1 atom stereocenters. The first-order valence-electron chi connectivity index (χ1n) is 3.63. The Morgan fingerprint density at radius 1 is 1.73 bits per heavy atom. The van der Waals surface area contributed by atoms with E-state index in [0.717, 1.165) is 17.4 Å². The summed E-state index contributed by atoms with van der Waals surface area (Å²) < 4.78 is 0. The molecule has 1 rings (SSSR count). The minimum absolute atomic E-state index is 0.631. The van der Waals surface area contributed by atoms with Gasteiger partial charge in [-0.25, -0.2) is 0 Å². The lowest BCUT2D eigenvalue weighted by atomic mass is 10.1. The van der Waals surface area contributed by atoms with Crippen LogP contribution in [0.2, 0.25) is 0 Å². The van der Waals surface area contributed by atoms with Crippen molar-refractivity contribution in [2.75, 3.05) is 5.33 Å². The number of rotatable bonds is 3. The topological polar surface area (TPSA) is 30.7 Å². The van der Waals surface area contributed by atoms with E-state index < -0.39 is 0 Å². The number of alkyl halides is 1. The summed E-state index contributed by atoms with van der Waals surface area (Å²) in [5.74, 6) is 0.631. The number of nitrogens with zero attached hydrogens (tertiary/aromatic N) is 3. The quantitative estimate of drug-likeness (QED) is 0.717. The van der Waals surface area contributed by atoms with Crippen molar-refractivity contribution < 1.29 is 0 Å². The van der Waals surface area contributed by atoms with Crippen LogP contribution in [-0.4, -0.2) is 20.3 Å². The molecule has 0 amide bonds. The first-order chi connectivity index (χ1) is 5.22. The molecule has 1 unspecified atom stereocenters. The zero-order valence-electron chi connectivity index (χ0n) is 6.79. The lowest BCUT2D eigenvalue weighted by Gasteiger charge is -2.01. The van der Waals surface area contributed by atoms with Gasteiger partial charge in [-0.1, -0.05) is 22.9 Å². The highest BCUT2D eigenvalue weighted by atomic mass is 79.9. The summed E-state index contributed by atoms with van der Waals surface area (Å²) in [6.45, 7) is 2.18. The standard InChI is InChI=1S/C7H12BrN3/c1-6(4-8)3-7-5-9-11(2)10-7/h5-6H,3-4H2,1-2H3. The van der Waals surface area contributed by atoms with E-state index in [4.69, 9.17) is 0 Å². The molecule has 0 aromatic carbocycles. The molecule has 62 valence electrons. The van der Waals surface area contributed by atoms with Crippen LogP contribution < -0.4 is 0 Å². The molecule has 1 aromatic heterocycles. The number of aromatic nitrogens is 3. The highest BCUT2D eigenvalue weighted by Crippen LogP contribution is 2.06. The summed E-state index contributed by atoms with van der Waals surface area (Å²) in [7, 11) is 1.84. The molecule has 0 aliphatic rings. The molecule has 3 nitrogen and oxygen atoms in total. The molecule has 0 aliphatic carbocycles. The van der Waals surface area contributed by atoms with E-state index in [-0.39, 0.29) is 0 Å². The molecule has 0 fully saturated rings. The third-order valence-corrected chi connectivity index (χ3v) is 2.57. The van der Waals surface area contributed by atoms with Crippen LogP contribution in [0, 0.1) is 5.92 Å². The lowest BCUT2D eigenvalue weighted by molar-refractivity contribution is 0.612. The van der Waals surface area contributed by atoms with Crippen LogP contribution in [0.25, 0.3) is 0 Å². The van der Waals surface area contributed by atoms with E-state index in [1.165, 1.54) is 0 Å². The average molecular weight is 218 g/mol. The van der Waals surface area contributed by atoms with Crippen LogP contribution in [0.1, 0.15) is 12.6 Å². The van der Waals surface area contributed by atoms with Crippen molar-refractivity contribution >= 4 is 15.9 Å². The summed E-state index contributed by atoms with van der Waals surface area (Å²) in [6.07, 6.45) is 2.82. The third-order valence-electron chi connectivity index (χ3n) is 1.47. The van der Waals surface area contributed by atoms with Gasteiger partial charge in [0.25, 0.3) is 0 Å². The number of hydrogen-bond donors (Lipinski definition) is 0. The molecule has 1 aromatic rings. The second kappa shape index (κ2) is 3.85. The minimum Gasteiger partial charge on any atom is -0.188 e. The second-order valence-electron chi connectivity index (χ2n) is 2.79. The normalized spacial score (nSPS) is 13.4. The molecule has 0 saturated carbocycles. The monoisotopic (exact) mass is 217 g/mol. The molecule has 11 heavy (non-hydrogen) atoms. The zero-order valence-corrected chi connectivity index (χ0v) is 8.37. The maximum absolute atomic E-state index is 4.18. The molecule has 4 heteroatoms. The van der Waals surface area contributed by atoms with Crippen molar-refractivity contribution in [3.05, 3.63) is 11.9 Å². The van der Waals surface area contributed by atoms with E-state index >= 15 is 0 Å². The molecule has 0 saturated heterocycles. The van der Waals surface area contributed by atoms with Crippen LogP contribution in [0.3, 0.4) is 0 Å². The minimum atomic E-state index is 0.631. The largest absolute Gasteiger partial charge is 0.188 e. The smallest absolute Gasteiger partial charge is 0.0830 e. The van der Waals surface area contributed by atoms with Gasteiger partial charge in [0.15, 0.2) is 0 Å². The fourth-order valence-corrected chi connectivity index (χ4v) is 1.12. The summed E-state index contributed by atoms with van der Waals surface area (Å²) in [5, 5.41) is 9.19. The Balaban J connectivity index is 2.50. The van der Waals surface area contributed by atoms with Crippen LogP contribution in [0.5, 0.6) is 0 Å². The highest BCUT2D eigenvalue weighted by Gasteiger charge is 2.03. The van der Waals surface area contributed by atoms with Gasteiger partial charge in [0.1, 0.15) is 0 Å². The van der Waals surface area contributed by atoms with E-state index in [0.29, 0.717) is 5.92 Å². The van der Waals surface area contributed by atoms with Crippen molar-refractivity contribution in [2.24, 2.45) is 13.0 Å². The fraction of sp³-hybridized carbons (Fsp3) is 0.714. The van der Waals surface area contributed by atoms with Crippen molar-refractivity contribution in [1.29, 1.82) is 0 Å². The van der Waals surface area contributed by atoms with E-state index in [9.17, 15) is 0 Å². The number of halogens is 1. The Labute approximate surface area is 74.9 Å². The van der Waals surface area contributed by atoms with E-state index in [1.807, 2.05) is 13.2 Å². The van der Waals surface area contributed by atoms with Crippen molar-refractivity contribution in [1.82, 2.24) is 15.0 Å². The maximum atomic E-state index is 4.18. The van der Waals surface area contributed by atoms with Crippen LogP contribution in [0.4, 0.5) is 0 Å². The van der Waals surface area contributed by atoms with Crippen LogP contribution in [-0.2, 0) is 13.5 Å². The van der Waals surface area contributed by atoms with Crippen molar-refractivity contribution in [3.63, 3.8) is 0 Å². The highest BCUT2D eigenvalue weighted by molar-refractivity contribution is 9.09. The number of aryl methyl sites for hydroxylation is 1. The molecule has 0 radical (unpaired) electrons. The van der Waals surface area contributed by atoms with Crippen molar-refractivity contribution in [3.8, 4) is 0 Å². The van der Waals surface area contributed by atoms with Gasteiger partial charge >= 0.3 is 0 Å². The molecule has 0 N–H and O–H groups in total. The predicted molar refractivity (Wildman–Crippen MR) is 47.7 cm³/mol. The number of hydrogen-bond acceptors (Lipinski definition) is 2. The third kappa shape index (κ3) is 2.61. The molecule has 0 bridgehead atoms. The van der Waals surface area contributed by atoms with Gasteiger partial charge in [-0.3, -0.25) is 0 Å². The Kier molecular flexibility index (Phi) is 3.05. The molecular formula is C7H12BrN3. The first kappa shape index (κ1) is 8.71.